The second-order valence-corrected chi connectivity index (χ2v) is 7.13. The number of thiophene rings is 1. The third-order valence-electron chi connectivity index (χ3n) is 4.67. The summed E-state index contributed by atoms with van der Waals surface area (Å²) in [6.45, 7) is 2.91. The molecule has 1 unspecified atom stereocenters. The van der Waals surface area contributed by atoms with E-state index in [4.69, 9.17) is 5.73 Å². The number of likely N-dealkylation sites (tertiary alicyclic amines) is 1. The lowest BCUT2D eigenvalue weighted by molar-refractivity contribution is 0.0694. The molecular weight excluding hydrogens is 256 g/mol. The van der Waals surface area contributed by atoms with Crippen molar-refractivity contribution in [2.24, 2.45) is 5.92 Å². The van der Waals surface area contributed by atoms with Crippen LogP contribution in [0.5, 0.6) is 0 Å². The molecule has 1 amide bonds. The SMILES string of the molecule is Cc1sc(C(=O)N2CCCC2C2CCCC2)cc1N. The molecule has 2 fully saturated rings. The Hall–Kier alpha value is -1.03. The molecule has 1 aliphatic carbocycles. The smallest absolute Gasteiger partial charge is 0.264 e. The molecule has 104 valence electrons. The molecule has 1 aromatic heterocycles. The van der Waals surface area contributed by atoms with Crippen LogP contribution in [-0.4, -0.2) is 23.4 Å². The Kier molecular flexibility index (Phi) is 3.52. The van der Waals surface area contributed by atoms with Crippen molar-refractivity contribution in [2.45, 2.75) is 51.5 Å². The van der Waals surface area contributed by atoms with E-state index in [0.29, 0.717) is 6.04 Å². The number of amides is 1. The molecule has 3 nitrogen and oxygen atoms in total. The lowest BCUT2D eigenvalue weighted by Crippen LogP contribution is -2.39. The van der Waals surface area contributed by atoms with Crippen molar-refractivity contribution in [3.63, 3.8) is 0 Å². The normalized spacial score (nSPS) is 24.3. The number of hydrogen-bond donors (Lipinski definition) is 1. The van der Waals surface area contributed by atoms with Crippen LogP contribution >= 0.6 is 11.3 Å². The molecule has 0 spiro atoms. The number of carbonyl (C=O) groups excluding carboxylic acids is 1. The minimum absolute atomic E-state index is 0.208. The molecule has 19 heavy (non-hydrogen) atoms. The number of anilines is 1. The van der Waals surface area contributed by atoms with Gasteiger partial charge >= 0.3 is 0 Å². The van der Waals surface area contributed by atoms with Gasteiger partial charge in [-0.15, -0.1) is 11.3 Å². The van der Waals surface area contributed by atoms with Gasteiger partial charge in [0.1, 0.15) is 0 Å². The second-order valence-electron chi connectivity index (χ2n) is 5.87. The van der Waals surface area contributed by atoms with Crippen LogP contribution in [0.3, 0.4) is 0 Å². The van der Waals surface area contributed by atoms with Crippen molar-refractivity contribution < 1.29 is 4.79 Å². The van der Waals surface area contributed by atoms with Crippen molar-refractivity contribution in [1.82, 2.24) is 4.90 Å². The van der Waals surface area contributed by atoms with Gasteiger partial charge in [0.2, 0.25) is 0 Å². The zero-order chi connectivity index (χ0) is 13.4. The average Bonchev–Trinajstić information content (AvgIpc) is 3.09. The fourth-order valence-corrected chi connectivity index (χ4v) is 4.52. The van der Waals surface area contributed by atoms with Gasteiger partial charge in [0, 0.05) is 23.2 Å². The zero-order valence-electron chi connectivity index (χ0n) is 11.5. The molecule has 1 atom stereocenters. The molecule has 0 radical (unpaired) electrons. The highest BCUT2D eigenvalue weighted by Gasteiger charge is 2.36. The minimum Gasteiger partial charge on any atom is -0.398 e. The number of carbonyl (C=O) groups is 1. The van der Waals surface area contributed by atoms with E-state index < -0.39 is 0 Å². The standard InChI is InChI=1S/C15H22N2OS/c1-10-12(16)9-14(19-10)15(18)17-8-4-7-13(17)11-5-2-3-6-11/h9,11,13H,2-8,16H2,1H3. The first-order valence-electron chi connectivity index (χ1n) is 7.33. The van der Waals surface area contributed by atoms with E-state index in [1.807, 2.05) is 13.0 Å². The van der Waals surface area contributed by atoms with Gasteiger partial charge in [0.05, 0.1) is 4.88 Å². The third kappa shape index (κ3) is 2.38. The van der Waals surface area contributed by atoms with E-state index in [2.05, 4.69) is 4.90 Å². The second kappa shape index (κ2) is 5.16. The third-order valence-corrected chi connectivity index (χ3v) is 5.73. The van der Waals surface area contributed by atoms with Crippen molar-refractivity contribution in [1.29, 1.82) is 0 Å². The highest BCUT2D eigenvalue weighted by molar-refractivity contribution is 7.14. The van der Waals surface area contributed by atoms with E-state index in [1.165, 1.54) is 43.4 Å². The van der Waals surface area contributed by atoms with Gasteiger partial charge < -0.3 is 10.6 Å². The van der Waals surface area contributed by atoms with Crippen LogP contribution in [0.2, 0.25) is 0 Å². The van der Waals surface area contributed by atoms with Crippen LogP contribution in [-0.2, 0) is 0 Å². The number of nitrogens with two attached hydrogens (primary N) is 1. The summed E-state index contributed by atoms with van der Waals surface area (Å²) >= 11 is 1.54. The molecule has 1 aromatic rings. The van der Waals surface area contributed by atoms with Crippen molar-refractivity contribution in [3.05, 3.63) is 15.8 Å². The fraction of sp³-hybridized carbons (Fsp3) is 0.667. The van der Waals surface area contributed by atoms with E-state index >= 15 is 0 Å². The average molecular weight is 278 g/mol. The molecule has 1 saturated heterocycles. The highest BCUT2D eigenvalue weighted by atomic mass is 32.1. The zero-order valence-corrected chi connectivity index (χ0v) is 12.3. The Morgan fingerprint density at radius 1 is 1.32 bits per heavy atom. The van der Waals surface area contributed by atoms with Gasteiger partial charge in [-0.2, -0.15) is 0 Å². The summed E-state index contributed by atoms with van der Waals surface area (Å²) in [5.41, 5.74) is 6.63. The van der Waals surface area contributed by atoms with Gasteiger partial charge in [-0.05, 0) is 44.6 Å². The number of nitrogen functional groups attached to an aromatic ring is 1. The largest absolute Gasteiger partial charge is 0.398 e. The number of hydrogen-bond acceptors (Lipinski definition) is 3. The summed E-state index contributed by atoms with van der Waals surface area (Å²) in [4.78, 5) is 16.7. The lowest BCUT2D eigenvalue weighted by Gasteiger charge is -2.29. The van der Waals surface area contributed by atoms with Crippen LogP contribution in [0.25, 0.3) is 0 Å². The predicted octanol–water partition coefficient (Wildman–Crippen LogP) is 3.43. The van der Waals surface area contributed by atoms with E-state index in [0.717, 1.165) is 34.3 Å². The van der Waals surface area contributed by atoms with Crippen LogP contribution < -0.4 is 5.73 Å². The van der Waals surface area contributed by atoms with Crippen LogP contribution in [0.4, 0.5) is 5.69 Å². The fourth-order valence-electron chi connectivity index (χ4n) is 3.62. The Morgan fingerprint density at radius 3 is 2.68 bits per heavy atom. The molecule has 0 aromatic carbocycles. The summed E-state index contributed by atoms with van der Waals surface area (Å²) in [6, 6.07) is 2.34. The van der Waals surface area contributed by atoms with Gasteiger partial charge in [-0.1, -0.05) is 12.8 Å². The molecule has 1 saturated carbocycles. The van der Waals surface area contributed by atoms with Gasteiger partial charge in [0.15, 0.2) is 0 Å². The Morgan fingerprint density at radius 2 is 2.05 bits per heavy atom. The summed E-state index contributed by atoms with van der Waals surface area (Å²) in [5, 5.41) is 0. The molecule has 2 heterocycles. The molecule has 4 heteroatoms. The Bertz CT molecular complexity index is 457. The lowest BCUT2D eigenvalue weighted by atomic mass is 9.96. The quantitative estimate of drug-likeness (QED) is 0.901. The first kappa shape index (κ1) is 13.0. The van der Waals surface area contributed by atoms with Crippen LogP contribution in [0.15, 0.2) is 6.07 Å². The van der Waals surface area contributed by atoms with E-state index in [1.54, 1.807) is 0 Å². The monoisotopic (exact) mass is 278 g/mol. The Balaban J connectivity index is 1.78. The van der Waals surface area contributed by atoms with Crippen molar-refractivity contribution in [3.8, 4) is 0 Å². The number of aryl methyl sites for hydroxylation is 1. The van der Waals surface area contributed by atoms with Gasteiger partial charge in [0.25, 0.3) is 5.91 Å². The van der Waals surface area contributed by atoms with E-state index in [-0.39, 0.29) is 5.91 Å². The predicted molar refractivity (Wildman–Crippen MR) is 79.5 cm³/mol. The van der Waals surface area contributed by atoms with Crippen molar-refractivity contribution >= 4 is 22.9 Å². The van der Waals surface area contributed by atoms with Gasteiger partial charge in [-0.3, -0.25) is 4.79 Å². The maximum absolute atomic E-state index is 12.7. The molecular formula is C15H22N2OS. The molecule has 0 bridgehead atoms. The van der Waals surface area contributed by atoms with Crippen LogP contribution in [0, 0.1) is 12.8 Å². The molecule has 3 rings (SSSR count). The minimum atomic E-state index is 0.208. The Labute approximate surface area is 118 Å². The first-order chi connectivity index (χ1) is 9.16. The first-order valence-corrected chi connectivity index (χ1v) is 8.15. The maximum atomic E-state index is 12.7. The maximum Gasteiger partial charge on any atom is 0.264 e. The summed E-state index contributed by atoms with van der Waals surface area (Å²) in [6.07, 6.45) is 7.64. The van der Waals surface area contributed by atoms with Gasteiger partial charge in [-0.25, -0.2) is 0 Å². The van der Waals surface area contributed by atoms with Crippen molar-refractivity contribution in [2.75, 3.05) is 12.3 Å². The van der Waals surface area contributed by atoms with E-state index in [9.17, 15) is 4.79 Å². The number of nitrogens with zero attached hydrogens (tertiary/aromatic N) is 1. The topological polar surface area (TPSA) is 46.3 Å². The highest BCUT2D eigenvalue weighted by Crippen LogP contribution is 2.37. The molecule has 1 aliphatic heterocycles. The molecule has 2 N–H and O–H groups in total. The molecule has 2 aliphatic rings. The summed E-state index contributed by atoms with van der Waals surface area (Å²) in [5.74, 6) is 0.948. The number of rotatable bonds is 2. The summed E-state index contributed by atoms with van der Waals surface area (Å²) in [7, 11) is 0. The summed E-state index contributed by atoms with van der Waals surface area (Å²) < 4.78 is 0. The van der Waals surface area contributed by atoms with Crippen LogP contribution in [0.1, 0.15) is 53.1 Å².